The molecule has 0 radical (unpaired) electrons. The van der Waals surface area contributed by atoms with Gasteiger partial charge in [0, 0.05) is 24.7 Å². The molecule has 1 atom stereocenters. The smallest absolute Gasteiger partial charge is 0.271 e. The normalized spacial score (nSPS) is 20.9. The van der Waals surface area contributed by atoms with Gasteiger partial charge >= 0.3 is 0 Å². The Kier molecular flexibility index (Phi) is 6.11. The summed E-state index contributed by atoms with van der Waals surface area (Å²) in [7, 11) is 0. The van der Waals surface area contributed by atoms with E-state index in [0.717, 1.165) is 48.3 Å². The summed E-state index contributed by atoms with van der Waals surface area (Å²) in [5.74, 6) is 1.32. The van der Waals surface area contributed by atoms with Crippen LogP contribution in [0.3, 0.4) is 0 Å². The molecule has 1 fully saturated rings. The Hall–Kier alpha value is -3.22. The van der Waals surface area contributed by atoms with Gasteiger partial charge in [-0.15, -0.1) is 0 Å². The number of furan rings is 1. The first-order valence-electron chi connectivity index (χ1n) is 12.7. The van der Waals surface area contributed by atoms with E-state index in [2.05, 4.69) is 5.32 Å². The monoisotopic (exact) mass is 477 g/mol. The number of fused-ring (bicyclic) bond motifs is 3. The fourth-order valence-electron chi connectivity index (χ4n) is 5.42. The van der Waals surface area contributed by atoms with Crippen LogP contribution in [0.25, 0.3) is 11.1 Å². The van der Waals surface area contributed by atoms with Crippen LogP contribution >= 0.6 is 0 Å². The number of ether oxygens (including phenoxy) is 1. The average molecular weight is 478 g/mol. The number of rotatable bonds is 6. The summed E-state index contributed by atoms with van der Waals surface area (Å²) < 4.78 is 13.5. The van der Waals surface area contributed by atoms with E-state index in [1.165, 1.54) is 6.42 Å². The number of aromatic nitrogens is 1. The molecule has 186 valence electrons. The molecule has 3 aromatic rings. The van der Waals surface area contributed by atoms with Crippen molar-refractivity contribution in [2.45, 2.75) is 90.6 Å². The van der Waals surface area contributed by atoms with Crippen LogP contribution in [0.2, 0.25) is 0 Å². The van der Waals surface area contributed by atoms with Crippen LogP contribution in [0.5, 0.6) is 5.75 Å². The molecular weight excluding hydrogens is 442 g/mol. The molecular formula is C28H35N3O4. The standard InChI is InChI=1S/C28H35N3O4/c1-18(2)34-22-12-10-20(11-13-22)16-31-26(32)24-15-25-23(14-19(3)35-25)30(24)17-28(31,4)27(33)29-21-8-6-5-7-9-21/h10-15,18,21H,5-9,16-17H2,1-4H3,(H,29,33). The van der Waals surface area contributed by atoms with Gasteiger partial charge in [-0.3, -0.25) is 9.59 Å². The Bertz CT molecular complexity index is 1230. The predicted octanol–water partition coefficient (Wildman–Crippen LogP) is 5.19. The van der Waals surface area contributed by atoms with E-state index in [-0.39, 0.29) is 24.0 Å². The topological polar surface area (TPSA) is 76.7 Å². The molecule has 1 aliphatic carbocycles. The van der Waals surface area contributed by atoms with E-state index in [1.807, 2.05) is 62.6 Å². The first kappa shape index (κ1) is 23.5. The first-order valence-corrected chi connectivity index (χ1v) is 12.7. The van der Waals surface area contributed by atoms with Crippen LogP contribution in [0, 0.1) is 6.92 Å². The molecule has 1 unspecified atom stereocenters. The molecule has 7 heteroatoms. The highest BCUT2D eigenvalue weighted by Gasteiger charge is 2.48. The van der Waals surface area contributed by atoms with Crippen molar-refractivity contribution in [2.75, 3.05) is 0 Å². The van der Waals surface area contributed by atoms with Gasteiger partial charge < -0.3 is 23.9 Å². The van der Waals surface area contributed by atoms with Crippen molar-refractivity contribution in [2.24, 2.45) is 0 Å². The van der Waals surface area contributed by atoms with Gasteiger partial charge in [0.2, 0.25) is 5.91 Å². The fourth-order valence-corrected chi connectivity index (χ4v) is 5.42. The number of nitrogens with one attached hydrogen (secondary N) is 1. The minimum absolute atomic E-state index is 0.0888. The molecule has 0 bridgehead atoms. The summed E-state index contributed by atoms with van der Waals surface area (Å²) in [4.78, 5) is 29.4. The number of amides is 2. The Morgan fingerprint density at radius 1 is 1.17 bits per heavy atom. The van der Waals surface area contributed by atoms with Crippen molar-refractivity contribution in [1.29, 1.82) is 0 Å². The minimum Gasteiger partial charge on any atom is -0.491 e. The number of benzene rings is 1. The number of carbonyl (C=O) groups excluding carboxylic acids is 2. The summed E-state index contributed by atoms with van der Waals surface area (Å²) in [5.41, 5.74) is 2.01. The van der Waals surface area contributed by atoms with Crippen molar-refractivity contribution in [3.05, 3.63) is 53.4 Å². The third-order valence-corrected chi connectivity index (χ3v) is 7.30. The predicted molar refractivity (Wildman–Crippen MR) is 134 cm³/mol. The molecule has 0 saturated heterocycles. The zero-order chi connectivity index (χ0) is 24.7. The van der Waals surface area contributed by atoms with Gasteiger partial charge in [0.25, 0.3) is 5.91 Å². The lowest BCUT2D eigenvalue weighted by atomic mass is 9.91. The number of hydrogen-bond acceptors (Lipinski definition) is 4. The van der Waals surface area contributed by atoms with E-state index in [9.17, 15) is 9.59 Å². The molecule has 35 heavy (non-hydrogen) atoms. The molecule has 2 aliphatic rings. The van der Waals surface area contributed by atoms with E-state index < -0.39 is 5.54 Å². The lowest BCUT2D eigenvalue weighted by Crippen LogP contribution is -2.64. The number of nitrogens with zero attached hydrogens (tertiary/aromatic N) is 2. The lowest BCUT2D eigenvalue weighted by Gasteiger charge is -2.44. The van der Waals surface area contributed by atoms with Crippen LogP contribution in [0.1, 0.15) is 74.7 Å². The fraction of sp³-hybridized carbons (Fsp3) is 0.500. The maximum Gasteiger partial charge on any atom is 0.271 e. The van der Waals surface area contributed by atoms with Gasteiger partial charge in [-0.1, -0.05) is 31.4 Å². The number of aryl methyl sites for hydroxylation is 1. The van der Waals surface area contributed by atoms with Gasteiger partial charge in [0.1, 0.15) is 22.7 Å². The Morgan fingerprint density at radius 2 is 1.89 bits per heavy atom. The molecule has 2 amide bonds. The second kappa shape index (κ2) is 9.10. The Morgan fingerprint density at radius 3 is 2.57 bits per heavy atom. The molecule has 5 rings (SSSR count). The van der Waals surface area contributed by atoms with Crippen LogP contribution in [0.4, 0.5) is 0 Å². The minimum atomic E-state index is -1.04. The van der Waals surface area contributed by atoms with E-state index in [4.69, 9.17) is 9.15 Å². The summed E-state index contributed by atoms with van der Waals surface area (Å²) >= 11 is 0. The maximum atomic E-state index is 13.9. The SMILES string of the molecule is Cc1cc2c(cc3n2CC(C)(C(=O)NC2CCCCC2)N(Cc2ccc(OC(C)C)cc2)C3=O)o1. The quantitative estimate of drug-likeness (QED) is 0.530. The van der Waals surface area contributed by atoms with E-state index >= 15 is 0 Å². The van der Waals surface area contributed by atoms with Gasteiger partial charge in [-0.05, 0) is 58.2 Å². The first-order chi connectivity index (χ1) is 16.7. The van der Waals surface area contributed by atoms with Gasteiger partial charge in [-0.2, -0.15) is 0 Å². The average Bonchev–Trinajstić information content (AvgIpc) is 3.34. The Balaban J connectivity index is 1.49. The molecule has 1 N–H and O–H groups in total. The molecule has 2 aromatic heterocycles. The van der Waals surface area contributed by atoms with Gasteiger partial charge in [0.05, 0.1) is 18.2 Å². The zero-order valence-corrected chi connectivity index (χ0v) is 21.1. The third kappa shape index (κ3) is 4.44. The summed E-state index contributed by atoms with van der Waals surface area (Å²) in [6.07, 6.45) is 5.55. The van der Waals surface area contributed by atoms with Crippen LogP contribution in [-0.2, 0) is 17.9 Å². The second-order valence-corrected chi connectivity index (χ2v) is 10.5. The highest BCUT2D eigenvalue weighted by molar-refractivity contribution is 6.03. The largest absolute Gasteiger partial charge is 0.491 e. The summed E-state index contributed by atoms with van der Waals surface area (Å²) in [6.45, 7) is 8.48. The zero-order valence-electron chi connectivity index (χ0n) is 21.1. The summed E-state index contributed by atoms with van der Waals surface area (Å²) in [5, 5.41) is 3.28. The van der Waals surface area contributed by atoms with Crippen molar-refractivity contribution < 1.29 is 18.7 Å². The lowest BCUT2D eigenvalue weighted by molar-refractivity contribution is -0.134. The highest BCUT2D eigenvalue weighted by Crippen LogP contribution is 2.35. The van der Waals surface area contributed by atoms with Gasteiger partial charge in [0.15, 0.2) is 5.58 Å². The molecule has 1 saturated carbocycles. The second-order valence-electron chi connectivity index (χ2n) is 10.5. The molecule has 1 aliphatic heterocycles. The van der Waals surface area contributed by atoms with Crippen LogP contribution < -0.4 is 10.1 Å². The molecule has 1 aromatic carbocycles. The number of hydrogen-bond donors (Lipinski definition) is 1. The maximum absolute atomic E-state index is 13.9. The molecule has 0 spiro atoms. The van der Waals surface area contributed by atoms with E-state index in [0.29, 0.717) is 24.4 Å². The van der Waals surface area contributed by atoms with Crippen molar-refractivity contribution in [3.63, 3.8) is 0 Å². The third-order valence-electron chi connectivity index (χ3n) is 7.30. The Labute approximate surface area is 206 Å². The van der Waals surface area contributed by atoms with Crippen LogP contribution in [-0.4, -0.2) is 39.0 Å². The summed E-state index contributed by atoms with van der Waals surface area (Å²) in [6, 6.07) is 11.7. The highest BCUT2D eigenvalue weighted by atomic mass is 16.5. The number of carbonyl (C=O) groups is 2. The van der Waals surface area contributed by atoms with Crippen LogP contribution in [0.15, 0.2) is 40.8 Å². The van der Waals surface area contributed by atoms with E-state index in [1.54, 1.807) is 11.0 Å². The van der Waals surface area contributed by atoms with Crippen molar-refractivity contribution in [3.8, 4) is 5.75 Å². The molecule has 7 nitrogen and oxygen atoms in total. The van der Waals surface area contributed by atoms with Crippen molar-refractivity contribution in [1.82, 2.24) is 14.8 Å². The van der Waals surface area contributed by atoms with Gasteiger partial charge in [-0.25, -0.2) is 0 Å². The van der Waals surface area contributed by atoms with Crippen molar-refractivity contribution >= 4 is 22.9 Å². The molecule has 3 heterocycles.